The van der Waals surface area contributed by atoms with Crippen LogP contribution in [0.2, 0.25) is 0 Å². The maximum absolute atomic E-state index is 13.4. The number of hydrogen-bond acceptors (Lipinski definition) is 5. The van der Waals surface area contributed by atoms with E-state index in [9.17, 15) is 9.90 Å². The fraction of sp³-hybridized carbons (Fsp3) is 0.920. The molecule has 4 rings (SSSR count). The number of carbonyl (C=O) groups excluding carboxylic acids is 1. The van der Waals surface area contributed by atoms with Crippen molar-refractivity contribution in [3.63, 3.8) is 0 Å². The van der Waals surface area contributed by atoms with Crippen LogP contribution < -0.4 is 11.6 Å². The van der Waals surface area contributed by atoms with Gasteiger partial charge >= 0.3 is 0 Å². The molecule has 0 heterocycles. The lowest BCUT2D eigenvalue weighted by Gasteiger charge is -2.57. The van der Waals surface area contributed by atoms with E-state index in [4.69, 9.17) is 11.6 Å². The number of Topliss-reactive ketones (excluding diaryl/α,β-unsaturated/α-hetero) is 1. The Kier molecular flexibility index (Phi) is 6.19. The van der Waals surface area contributed by atoms with Crippen LogP contribution in [0.1, 0.15) is 85.5 Å². The molecule has 4 aliphatic rings. The Labute approximate surface area is 188 Å². The summed E-state index contributed by atoms with van der Waals surface area (Å²) in [7, 11) is 0. The first-order chi connectivity index (χ1) is 14.6. The van der Waals surface area contributed by atoms with Gasteiger partial charge in [-0.1, -0.05) is 20.3 Å². The van der Waals surface area contributed by atoms with E-state index in [0.717, 1.165) is 49.9 Å². The molecule has 31 heavy (non-hydrogen) atoms. The number of rotatable bonds is 5. The number of hydrogen-bond donors (Lipinski definition) is 3. The number of hydrazone groups is 1. The quantitative estimate of drug-likeness (QED) is 0.266. The lowest BCUT2D eigenvalue weighted by Crippen LogP contribution is -2.52. The first-order valence-corrected chi connectivity index (χ1v) is 12.6. The Hall–Kier alpha value is -1.14. The van der Waals surface area contributed by atoms with Crippen LogP contribution >= 0.6 is 0 Å². The lowest BCUT2D eigenvalue weighted by atomic mass is 9.48. The first kappa shape index (κ1) is 23.0. The molecule has 4 fully saturated rings. The number of ketones is 1. The SMILES string of the molecule is CCC1CC(C(=O)CN(N)/N=C(/C)N)C2(C)CCC3C4CCC(C)(O)CC4CCC3C12. The normalized spacial score (nSPS) is 47.3. The second-order valence-electron chi connectivity index (χ2n) is 11.9. The van der Waals surface area contributed by atoms with Crippen molar-refractivity contribution in [3.8, 4) is 0 Å². The van der Waals surface area contributed by atoms with Crippen LogP contribution in [0.5, 0.6) is 0 Å². The molecule has 0 aromatic carbocycles. The highest BCUT2D eigenvalue weighted by atomic mass is 16.3. The molecule has 6 heteroatoms. The molecule has 0 amide bonds. The van der Waals surface area contributed by atoms with Crippen molar-refractivity contribution in [2.24, 2.45) is 63.5 Å². The molecule has 0 bridgehead atoms. The lowest BCUT2D eigenvalue weighted by molar-refractivity contribution is -0.134. The summed E-state index contributed by atoms with van der Waals surface area (Å²) in [6.45, 7) is 8.58. The van der Waals surface area contributed by atoms with Gasteiger partial charge in [0.2, 0.25) is 0 Å². The number of nitrogens with two attached hydrogens (primary N) is 2. The van der Waals surface area contributed by atoms with Gasteiger partial charge in [0.25, 0.3) is 0 Å². The van der Waals surface area contributed by atoms with Gasteiger partial charge in [0, 0.05) is 5.92 Å². The number of hydrazine groups is 1. The Morgan fingerprint density at radius 2 is 1.84 bits per heavy atom. The second-order valence-corrected chi connectivity index (χ2v) is 11.9. The van der Waals surface area contributed by atoms with E-state index in [-0.39, 0.29) is 23.7 Å². The molecular formula is C25H44N4O2. The Bertz CT molecular complexity index is 718. The van der Waals surface area contributed by atoms with Gasteiger partial charge in [0.1, 0.15) is 12.4 Å². The van der Waals surface area contributed by atoms with Crippen LogP contribution in [0.3, 0.4) is 0 Å². The monoisotopic (exact) mass is 432 g/mol. The van der Waals surface area contributed by atoms with Crippen LogP contribution in [0.15, 0.2) is 5.10 Å². The minimum absolute atomic E-state index is 0.0764. The Balaban J connectivity index is 1.54. The summed E-state index contributed by atoms with van der Waals surface area (Å²) in [4.78, 5) is 13.4. The summed E-state index contributed by atoms with van der Waals surface area (Å²) in [5.41, 5.74) is 5.26. The molecule has 9 atom stereocenters. The summed E-state index contributed by atoms with van der Waals surface area (Å²) >= 11 is 0. The standard InChI is InChI=1S/C25H44N4O2/c1-5-16-12-21(22(30)14-29(27)28-15(2)26)25(4)11-9-19-18-8-10-24(3,31)13-17(18)6-7-20(19)23(16)25/h16-21,23,31H,5-14,27H2,1-4H3,(H2,26,28). The van der Waals surface area contributed by atoms with E-state index in [2.05, 4.69) is 18.9 Å². The number of aliphatic hydroxyl groups is 1. The number of amidine groups is 1. The highest BCUT2D eigenvalue weighted by Gasteiger charge is 2.61. The van der Waals surface area contributed by atoms with E-state index >= 15 is 0 Å². The van der Waals surface area contributed by atoms with Gasteiger partial charge in [-0.15, -0.1) is 5.10 Å². The van der Waals surface area contributed by atoms with Crippen molar-refractivity contribution >= 4 is 11.6 Å². The predicted molar refractivity (Wildman–Crippen MR) is 124 cm³/mol. The topological polar surface area (TPSA) is 105 Å². The van der Waals surface area contributed by atoms with Crippen molar-refractivity contribution in [1.82, 2.24) is 5.12 Å². The molecular weight excluding hydrogens is 388 g/mol. The third-order valence-corrected chi connectivity index (χ3v) is 9.89. The van der Waals surface area contributed by atoms with Gasteiger partial charge in [0.15, 0.2) is 5.78 Å². The Morgan fingerprint density at radius 1 is 1.13 bits per heavy atom. The molecule has 4 aliphatic carbocycles. The zero-order chi connectivity index (χ0) is 22.6. The van der Waals surface area contributed by atoms with Gasteiger partial charge in [-0.2, -0.15) is 0 Å². The van der Waals surface area contributed by atoms with Crippen molar-refractivity contribution in [3.05, 3.63) is 0 Å². The Morgan fingerprint density at radius 3 is 2.52 bits per heavy atom. The van der Waals surface area contributed by atoms with Crippen LogP contribution in [0.25, 0.3) is 0 Å². The molecule has 5 N–H and O–H groups in total. The summed E-state index contributed by atoms with van der Waals surface area (Å²) < 4.78 is 0. The molecule has 0 spiro atoms. The van der Waals surface area contributed by atoms with Crippen molar-refractivity contribution < 1.29 is 9.90 Å². The zero-order valence-corrected chi connectivity index (χ0v) is 20.0. The van der Waals surface area contributed by atoms with E-state index in [1.54, 1.807) is 6.92 Å². The van der Waals surface area contributed by atoms with E-state index in [1.807, 2.05) is 6.92 Å². The molecule has 0 radical (unpaired) electrons. The summed E-state index contributed by atoms with van der Waals surface area (Å²) in [5, 5.41) is 15.9. The van der Waals surface area contributed by atoms with Crippen LogP contribution in [0.4, 0.5) is 0 Å². The van der Waals surface area contributed by atoms with Crippen molar-refractivity contribution in [1.29, 1.82) is 0 Å². The summed E-state index contributed by atoms with van der Waals surface area (Å²) in [6.07, 6.45) is 10.2. The molecule has 0 aromatic rings. The largest absolute Gasteiger partial charge is 0.390 e. The first-order valence-electron chi connectivity index (χ1n) is 12.6. The summed E-state index contributed by atoms with van der Waals surface area (Å²) in [5.74, 6) is 10.9. The van der Waals surface area contributed by atoms with Gasteiger partial charge in [-0.05, 0) is 106 Å². The summed E-state index contributed by atoms with van der Waals surface area (Å²) in [6, 6.07) is 0. The zero-order valence-electron chi connectivity index (χ0n) is 20.0. The molecule has 0 aliphatic heterocycles. The van der Waals surface area contributed by atoms with Gasteiger partial charge < -0.3 is 10.8 Å². The fourth-order valence-corrected chi connectivity index (χ4v) is 8.80. The van der Waals surface area contributed by atoms with Gasteiger partial charge in [0.05, 0.1) is 5.60 Å². The highest BCUT2D eigenvalue weighted by Crippen LogP contribution is 2.66. The number of carbonyl (C=O) groups is 1. The number of fused-ring (bicyclic) bond motifs is 5. The van der Waals surface area contributed by atoms with Crippen LogP contribution in [0, 0.1) is 46.8 Å². The molecule has 0 aromatic heterocycles. The smallest absolute Gasteiger partial charge is 0.159 e. The average Bonchev–Trinajstić information content (AvgIpc) is 2.98. The highest BCUT2D eigenvalue weighted by molar-refractivity contribution is 5.84. The van der Waals surface area contributed by atoms with Crippen LogP contribution in [-0.2, 0) is 4.79 Å². The van der Waals surface area contributed by atoms with E-state index < -0.39 is 5.60 Å². The maximum Gasteiger partial charge on any atom is 0.159 e. The third kappa shape index (κ3) is 4.15. The average molecular weight is 433 g/mol. The van der Waals surface area contributed by atoms with Crippen molar-refractivity contribution in [2.75, 3.05) is 6.54 Å². The number of nitrogens with zero attached hydrogens (tertiary/aromatic N) is 2. The third-order valence-electron chi connectivity index (χ3n) is 9.89. The molecule has 176 valence electrons. The minimum atomic E-state index is -0.466. The predicted octanol–water partition coefficient (Wildman–Crippen LogP) is 3.68. The minimum Gasteiger partial charge on any atom is -0.390 e. The fourth-order valence-electron chi connectivity index (χ4n) is 8.80. The van der Waals surface area contributed by atoms with E-state index in [0.29, 0.717) is 23.6 Å². The van der Waals surface area contributed by atoms with Crippen LogP contribution in [-0.4, -0.2) is 34.0 Å². The molecule has 6 nitrogen and oxygen atoms in total. The van der Waals surface area contributed by atoms with Gasteiger partial charge in [-0.3, -0.25) is 4.79 Å². The molecule has 9 unspecified atom stereocenters. The van der Waals surface area contributed by atoms with Crippen molar-refractivity contribution in [2.45, 2.75) is 91.1 Å². The van der Waals surface area contributed by atoms with Gasteiger partial charge in [-0.25, -0.2) is 11.0 Å². The molecule has 0 saturated heterocycles. The molecule has 4 saturated carbocycles. The van der Waals surface area contributed by atoms with E-state index in [1.165, 1.54) is 30.8 Å². The second kappa shape index (κ2) is 8.33. The maximum atomic E-state index is 13.4.